The second-order valence-electron chi connectivity index (χ2n) is 5.59. The van der Waals surface area contributed by atoms with E-state index in [-0.39, 0.29) is 0 Å². The zero-order chi connectivity index (χ0) is 15.0. The molecule has 0 spiro atoms. The minimum atomic E-state index is 0.386. The van der Waals surface area contributed by atoms with Crippen LogP contribution in [0.1, 0.15) is 51.6 Å². The highest BCUT2D eigenvalue weighted by molar-refractivity contribution is 5.43. The highest BCUT2D eigenvalue weighted by Crippen LogP contribution is 2.31. The van der Waals surface area contributed by atoms with Crippen LogP contribution < -0.4 is 14.8 Å². The van der Waals surface area contributed by atoms with Crippen molar-refractivity contribution in [1.29, 1.82) is 0 Å². The van der Waals surface area contributed by atoms with E-state index in [0.29, 0.717) is 6.04 Å². The van der Waals surface area contributed by atoms with Gasteiger partial charge in [-0.3, -0.25) is 0 Å². The summed E-state index contributed by atoms with van der Waals surface area (Å²) in [5.74, 6) is 2.31. The van der Waals surface area contributed by atoms with E-state index < -0.39 is 0 Å². The molecule has 0 fully saturated rings. The first-order chi connectivity index (χ1) is 9.62. The third-order valence-electron chi connectivity index (χ3n) is 3.48. The Morgan fingerprint density at radius 3 is 2.30 bits per heavy atom. The molecule has 1 aromatic rings. The summed E-state index contributed by atoms with van der Waals surface area (Å²) in [5.41, 5.74) is 1.27. The van der Waals surface area contributed by atoms with E-state index in [1.807, 2.05) is 6.07 Å². The number of hydrogen-bond donors (Lipinski definition) is 1. The van der Waals surface area contributed by atoms with Gasteiger partial charge in [-0.2, -0.15) is 0 Å². The fraction of sp³-hybridized carbons (Fsp3) is 0.647. The first-order valence-corrected chi connectivity index (χ1v) is 7.57. The maximum absolute atomic E-state index is 5.40. The van der Waals surface area contributed by atoms with Gasteiger partial charge in [0.05, 0.1) is 14.2 Å². The predicted octanol–water partition coefficient (Wildman–Crippen LogP) is 4.18. The highest BCUT2D eigenvalue weighted by Gasteiger charge is 2.14. The zero-order valence-corrected chi connectivity index (χ0v) is 13.5. The minimum Gasteiger partial charge on any atom is -0.493 e. The van der Waals surface area contributed by atoms with Crippen molar-refractivity contribution >= 4 is 0 Å². The van der Waals surface area contributed by atoms with Crippen LogP contribution >= 0.6 is 0 Å². The lowest BCUT2D eigenvalue weighted by Gasteiger charge is -2.21. The molecule has 1 unspecified atom stereocenters. The van der Waals surface area contributed by atoms with Gasteiger partial charge in [0, 0.05) is 6.04 Å². The van der Waals surface area contributed by atoms with Gasteiger partial charge in [-0.15, -0.1) is 0 Å². The third-order valence-corrected chi connectivity index (χ3v) is 3.48. The molecule has 1 rings (SSSR count). The summed E-state index contributed by atoms with van der Waals surface area (Å²) in [6.07, 6.45) is 3.51. The lowest BCUT2D eigenvalue weighted by molar-refractivity contribution is 0.353. The van der Waals surface area contributed by atoms with Gasteiger partial charge in [0.25, 0.3) is 0 Å². The fourth-order valence-corrected chi connectivity index (χ4v) is 2.27. The van der Waals surface area contributed by atoms with E-state index in [1.54, 1.807) is 14.2 Å². The van der Waals surface area contributed by atoms with Gasteiger partial charge in [0.1, 0.15) is 0 Å². The summed E-state index contributed by atoms with van der Waals surface area (Å²) in [5, 5.41) is 3.63. The lowest BCUT2D eigenvalue weighted by atomic mass is 9.97. The number of rotatable bonds is 9. The monoisotopic (exact) mass is 279 g/mol. The average Bonchev–Trinajstić information content (AvgIpc) is 2.46. The molecule has 0 radical (unpaired) electrons. The van der Waals surface area contributed by atoms with Gasteiger partial charge in [-0.25, -0.2) is 0 Å². The Morgan fingerprint density at radius 2 is 1.75 bits per heavy atom. The van der Waals surface area contributed by atoms with Crippen molar-refractivity contribution in [2.24, 2.45) is 5.92 Å². The molecule has 3 heteroatoms. The van der Waals surface area contributed by atoms with Crippen molar-refractivity contribution in [3.8, 4) is 11.5 Å². The van der Waals surface area contributed by atoms with Crippen molar-refractivity contribution in [2.45, 2.75) is 46.1 Å². The number of benzene rings is 1. The molecular weight excluding hydrogens is 250 g/mol. The molecule has 1 N–H and O–H groups in total. The van der Waals surface area contributed by atoms with E-state index in [2.05, 4.69) is 38.2 Å². The van der Waals surface area contributed by atoms with Crippen LogP contribution in [0.4, 0.5) is 0 Å². The van der Waals surface area contributed by atoms with Crippen LogP contribution in [0.3, 0.4) is 0 Å². The first-order valence-electron chi connectivity index (χ1n) is 7.57. The molecule has 0 saturated carbocycles. The van der Waals surface area contributed by atoms with Crippen LogP contribution in [-0.4, -0.2) is 20.8 Å². The van der Waals surface area contributed by atoms with Crippen molar-refractivity contribution in [1.82, 2.24) is 5.32 Å². The molecule has 20 heavy (non-hydrogen) atoms. The van der Waals surface area contributed by atoms with E-state index in [1.165, 1.54) is 12.0 Å². The van der Waals surface area contributed by atoms with Crippen molar-refractivity contribution in [3.63, 3.8) is 0 Å². The number of methoxy groups -OCH3 is 2. The molecule has 0 bridgehead atoms. The van der Waals surface area contributed by atoms with Gasteiger partial charge in [-0.05, 0) is 49.4 Å². The van der Waals surface area contributed by atoms with Crippen LogP contribution in [-0.2, 0) is 0 Å². The maximum atomic E-state index is 5.40. The standard InChI is InChI=1S/C17H29NO2/c1-6-11-18-15(9-7-13(2)3)14-8-10-16(19-4)17(12-14)20-5/h8,10,12-13,15,18H,6-7,9,11H2,1-5H3. The highest BCUT2D eigenvalue weighted by atomic mass is 16.5. The molecule has 0 aliphatic heterocycles. The summed E-state index contributed by atoms with van der Waals surface area (Å²) in [7, 11) is 3.35. The summed E-state index contributed by atoms with van der Waals surface area (Å²) >= 11 is 0. The summed E-state index contributed by atoms with van der Waals surface area (Å²) in [6.45, 7) is 7.77. The zero-order valence-electron chi connectivity index (χ0n) is 13.5. The summed E-state index contributed by atoms with van der Waals surface area (Å²) < 4.78 is 10.7. The molecule has 3 nitrogen and oxygen atoms in total. The Bertz CT molecular complexity index is 391. The summed E-state index contributed by atoms with van der Waals surface area (Å²) in [6, 6.07) is 6.60. The van der Waals surface area contributed by atoms with Crippen LogP contribution in [0, 0.1) is 5.92 Å². The maximum Gasteiger partial charge on any atom is 0.161 e. The Kier molecular flexibility index (Phi) is 7.45. The average molecular weight is 279 g/mol. The summed E-state index contributed by atoms with van der Waals surface area (Å²) in [4.78, 5) is 0. The van der Waals surface area contributed by atoms with Crippen molar-refractivity contribution in [2.75, 3.05) is 20.8 Å². The van der Waals surface area contributed by atoms with Gasteiger partial charge < -0.3 is 14.8 Å². The van der Waals surface area contributed by atoms with Crippen LogP contribution in [0.15, 0.2) is 18.2 Å². The predicted molar refractivity (Wildman–Crippen MR) is 84.7 cm³/mol. The Morgan fingerprint density at radius 1 is 1.05 bits per heavy atom. The van der Waals surface area contributed by atoms with E-state index in [0.717, 1.165) is 36.8 Å². The molecule has 1 aromatic carbocycles. The Hall–Kier alpha value is -1.22. The Balaban J connectivity index is 2.87. The quantitative estimate of drug-likeness (QED) is 0.735. The van der Waals surface area contributed by atoms with Crippen LogP contribution in [0.25, 0.3) is 0 Å². The number of hydrogen-bond acceptors (Lipinski definition) is 3. The molecule has 1 atom stereocenters. The van der Waals surface area contributed by atoms with Gasteiger partial charge in [0.2, 0.25) is 0 Å². The normalized spacial score (nSPS) is 12.5. The lowest BCUT2D eigenvalue weighted by Crippen LogP contribution is -2.22. The largest absolute Gasteiger partial charge is 0.493 e. The molecule has 0 aliphatic rings. The molecule has 0 amide bonds. The molecular formula is C17H29NO2. The SMILES string of the molecule is CCCNC(CCC(C)C)c1ccc(OC)c(OC)c1. The van der Waals surface area contributed by atoms with Gasteiger partial charge in [0.15, 0.2) is 11.5 Å². The molecule has 114 valence electrons. The van der Waals surface area contributed by atoms with E-state index in [4.69, 9.17) is 9.47 Å². The molecule has 0 saturated heterocycles. The molecule has 0 heterocycles. The van der Waals surface area contributed by atoms with E-state index >= 15 is 0 Å². The van der Waals surface area contributed by atoms with E-state index in [9.17, 15) is 0 Å². The number of ether oxygens (including phenoxy) is 2. The second kappa shape index (κ2) is 8.85. The topological polar surface area (TPSA) is 30.5 Å². The molecule has 0 aromatic heterocycles. The fourth-order valence-electron chi connectivity index (χ4n) is 2.27. The van der Waals surface area contributed by atoms with Crippen LogP contribution in [0.2, 0.25) is 0 Å². The van der Waals surface area contributed by atoms with Crippen molar-refractivity contribution in [3.05, 3.63) is 23.8 Å². The van der Waals surface area contributed by atoms with Crippen LogP contribution in [0.5, 0.6) is 11.5 Å². The minimum absolute atomic E-state index is 0.386. The van der Waals surface area contributed by atoms with Gasteiger partial charge in [-0.1, -0.05) is 26.8 Å². The van der Waals surface area contributed by atoms with Crippen molar-refractivity contribution < 1.29 is 9.47 Å². The smallest absolute Gasteiger partial charge is 0.161 e. The molecule has 0 aliphatic carbocycles. The third kappa shape index (κ3) is 5.04. The first kappa shape index (κ1) is 16.8. The Labute approximate surface area is 123 Å². The number of nitrogens with one attached hydrogen (secondary N) is 1. The van der Waals surface area contributed by atoms with Gasteiger partial charge >= 0.3 is 0 Å². The second-order valence-corrected chi connectivity index (χ2v) is 5.59.